The zero-order valence-corrected chi connectivity index (χ0v) is 15.4. The number of hydrogen-bond acceptors (Lipinski definition) is 5. The number of para-hydroxylation sites is 2. The smallest absolute Gasteiger partial charge is 0.251 e. The average Bonchev–Trinajstić information content (AvgIpc) is 3.29. The van der Waals surface area contributed by atoms with Crippen molar-refractivity contribution in [3.8, 4) is 17.2 Å². The molecule has 1 atom stereocenters. The number of fused-ring (bicyclic) bond motifs is 1. The minimum absolute atomic E-state index is 0.0736. The molecule has 1 aliphatic heterocycles. The molecule has 0 N–H and O–H groups in total. The Bertz CT molecular complexity index is 967. The van der Waals surface area contributed by atoms with Gasteiger partial charge in [0, 0.05) is 24.6 Å². The summed E-state index contributed by atoms with van der Waals surface area (Å²) in [5.74, 6) is 1.59. The van der Waals surface area contributed by atoms with E-state index in [1.807, 2.05) is 47.4 Å². The maximum Gasteiger partial charge on any atom is 0.251 e. The molecular formula is C21H21N3O3. The van der Waals surface area contributed by atoms with E-state index in [0.29, 0.717) is 30.4 Å². The maximum atomic E-state index is 12.8. The number of carbonyl (C=O) groups excluding carboxylic acids is 1. The first-order chi connectivity index (χ1) is 13.2. The summed E-state index contributed by atoms with van der Waals surface area (Å²) in [6.45, 7) is 2.07. The fraction of sp³-hybridized carbons (Fsp3) is 0.286. The molecule has 2 aromatic carbocycles. The SMILES string of the molecule is COc1ccccc1-c1nnc(CCC(=O)N2c3ccccc3CC2C)o1. The summed E-state index contributed by atoms with van der Waals surface area (Å²) in [4.78, 5) is 14.7. The lowest BCUT2D eigenvalue weighted by atomic mass is 10.1. The molecule has 0 aliphatic carbocycles. The minimum atomic E-state index is 0.0736. The number of nitrogens with zero attached hydrogens (tertiary/aromatic N) is 3. The van der Waals surface area contributed by atoms with E-state index in [4.69, 9.17) is 9.15 Å². The molecule has 0 spiro atoms. The van der Waals surface area contributed by atoms with Crippen LogP contribution in [0.15, 0.2) is 52.9 Å². The number of benzene rings is 2. The first kappa shape index (κ1) is 17.3. The van der Waals surface area contributed by atoms with E-state index in [1.165, 1.54) is 5.56 Å². The van der Waals surface area contributed by atoms with Gasteiger partial charge in [-0.25, -0.2) is 0 Å². The lowest BCUT2D eigenvalue weighted by Gasteiger charge is -2.22. The number of amides is 1. The van der Waals surface area contributed by atoms with Crippen molar-refractivity contribution in [3.63, 3.8) is 0 Å². The Labute approximate surface area is 157 Å². The van der Waals surface area contributed by atoms with Crippen LogP contribution in [0.4, 0.5) is 5.69 Å². The van der Waals surface area contributed by atoms with Crippen molar-refractivity contribution in [2.75, 3.05) is 12.0 Å². The van der Waals surface area contributed by atoms with Crippen LogP contribution >= 0.6 is 0 Å². The number of hydrogen-bond donors (Lipinski definition) is 0. The summed E-state index contributed by atoms with van der Waals surface area (Å²) < 4.78 is 11.1. The molecule has 4 rings (SSSR count). The normalized spacial score (nSPS) is 15.6. The molecule has 3 aromatic rings. The van der Waals surface area contributed by atoms with Gasteiger partial charge in [0.25, 0.3) is 5.89 Å². The summed E-state index contributed by atoms with van der Waals surface area (Å²) >= 11 is 0. The lowest BCUT2D eigenvalue weighted by Crippen LogP contribution is -2.35. The summed E-state index contributed by atoms with van der Waals surface area (Å²) in [6, 6.07) is 15.7. The number of ether oxygens (including phenoxy) is 1. The Morgan fingerprint density at radius 1 is 1.19 bits per heavy atom. The number of rotatable bonds is 5. The van der Waals surface area contributed by atoms with Crippen LogP contribution in [0, 0.1) is 0 Å². The number of methoxy groups -OCH3 is 1. The van der Waals surface area contributed by atoms with E-state index in [-0.39, 0.29) is 11.9 Å². The molecule has 27 heavy (non-hydrogen) atoms. The fourth-order valence-corrected chi connectivity index (χ4v) is 3.56. The Kier molecular flexibility index (Phi) is 4.62. The van der Waals surface area contributed by atoms with Crippen LogP contribution in [0.3, 0.4) is 0 Å². The van der Waals surface area contributed by atoms with Gasteiger partial charge in [-0.15, -0.1) is 10.2 Å². The largest absolute Gasteiger partial charge is 0.496 e. The highest BCUT2D eigenvalue weighted by atomic mass is 16.5. The Morgan fingerprint density at radius 2 is 1.96 bits per heavy atom. The van der Waals surface area contributed by atoms with Crippen molar-refractivity contribution in [2.24, 2.45) is 0 Å². The number of aromatic nitrogens is 2. The van der Waals surface area contributed by atoms with Crippen molar-refractivity contribution in [1.29, 1.82) is 0 Å². The van der Waals surface area contributed by atoms with Crippen LogP contribution < -0.4 is 9.64 Å². The second-order valence-electron chi connectivity index (χ2n) is 6.65. The quantitative estimate of drug-likeness (QED) is 0.692. The van der Waals surface area contributed by atoms with Gasteiger partial charge in [0.2, 0.25) is 11.8 Å². The van der Waals surface area contributed by atoms with E-state index in [9.17, 15) is 4.79 Å². The van der Waals surface area contributed by atoms with Gasteiger partial charge in [0.05, 0.1) is 12.7 Å². The monoisotopic (exact) mass is 363 g/mol. The standard InChI is InChI=1S/C21H21N3O3/c1-14-13-15-7-3-5-9-17(15)24(14)20(25)12-11-19-22-23-21(27-19)16-8-4-6-10-18(16)26-2/h3-10,14H,11-13H2,1-2H3. The predicted octanol–water partition coefficient (Wildman–Crippen LogP) is 3.66. The molecule has 0 radical (unpaired) electrons. The van der Waals surface area contributed by atoms with Gasteiger partial charge >= 0.3 is 0 Å². The first-order valence-corrected chi connectivity index (χ1v) is 9.03. The summed E-state index contributed by atoms with van der Waals surface area (Å²) in [7, 11) is 1.60. The topological polar surface area (TPSA) is 68.5 Å². The molecule has 138 valence electrons. The molecule has 1 aromatic heterocycles. The fourth-order valence-electron chi connectivity index (χ4n) is 3.56. The van der Waals surface area contributed by atoms with Gasteiger partial charge in [-0.3, -0.25) is 4.79 Å². The molecule has 0 saturated carbocycles. The van der Waals surface area contributed by atoms with Crippen LogP contribution in [-0.4, -0.2) is 29.3 Å². The third kappa shape index (κ3) is 3.30. The van der Waals surface area contributed by atoms with Crippen molar-refractivity contribution < 1.29 is 13.9 Å². The van der Waals surface area contributed by atoms with Crippen LogP contribution in [0.25, 0.3) is 11.5 Å². The highest BCUT2D eigenvalue weighted by Crippen LogP contribution is 2.32. The van der Waals surface area contributed by atoms with E-state index < -0.39 is 0 Å². The molecule has 1 amide bonds. The molecule has 1 unspecified atom stereocenters. The third-order valence-corrected chi connectivity index (χ3v) is 4.83. The second-order valence-corrected chi connectivity index (χ2v) is 6.65. The number of anilines is 1. The van der Waals surface area contributed by atoms with Crippen molar-refractivity contribution in [1.82, 2.24) is 10.2 Å². The highest BCUT2D eigenvalue weighted by Gasteiger charge is 2.30. The van der Waals surface area contributed by atoms with Crippen molar-refractivity contribution in [3.05, 3.63) is 60.0 Å². The summed E-state index contributed by atoms with van der Waals surface area (Å²) in [5, 5.41) is 8.19. The summed E-state index contributed by atoms with van der Waals surface area (Å²) in [5.41, 5.74) is 2.97. The third-order valence-electron chi connectivity index (χ3n) is 4.83. The molecule has 0 bridgehead atoms. The van der Waals surface area contributed by atoms with Gasteiger partial charge in [-0.05, 0) is 37.1 Å². The van der Waals surface area contributed by atoms with E-state index >= 15 is 0 Å². The number of carbonyl (C=O) groups is 1. The van der Waals surface area contributed by atoms with Crippen LogP contribution in [0.5, 0.6) is 5.75 Å². The van der Waals surface area contributed by atoms with E-state index in [1.54, 1.807) is 7.11 Å². The average molecular weight is 363 g/mol. The molecule has 0 saturated heterocycles. The van der Waals surface area contributed by atoms with Gasteiger partial charge in [0.1, 0.15) is 5.75 Å². The van der Waals surface area contributed by atoms with Crippen LogP contribution in [0.1, 0.15) is 24.8 Å². The summed E-state index contributed by atoms with van der Waals surface area (Å²) in [6.07, 6.45) is 1.62. The molecule has 6 heteroatoms. The van der Waals surface area contributed by atoms with Gasteiger partial charge in [-0.1, -0.05) is 30.3 Å². The maximum absolute atomic E-state index is 12.8. The van der Waals surface area contributed by atoms with Gasteiger partial charge in [0.15, 0.2) is 0 Å². The molecule has 6 nitrogen and oxygen atoms in total. The van der Waals surface area contributed by atoms with Crippen LogP contribution in [-0.2, 0) is 17.6 Å². The molecule has 0 fully saturated rings. The second kappa shape index (κ2) is 7.23. The predicted molar refractivity (Wildman–Crippen MR) is 102 cm³/mol. The highest BCUT2D eigenvalue weighted by molar-refractivity contribution is 5.96. The van der Waals surface area contributed by atoms with Gasteiger partial charge in [-0.2, -0.15) is 0 Å². The van der Waals surface area contributed by atoms with E-state index in [0.717, 1.165) is 17.7 Å². The first-order valence-electron chi connectivity index (χ1n) is 9.03. The zero-order chi connectivity index (χ0) is 18.8. The van der Waals surface area contributed by atoms with Gasteiger partial charge < -0.3 is 14.1 Å². The Balaban J connectivity index is 1.46. The van der Waals surface area contributed by atoms with E-state index in [2.05, 4.69) is 23.2 Å². The Hall–Kier alpha value is -3.15. The zero-order valence-electron chi connectivity index (χ0n) is 15.4. The lowest BCUT2D eigenvalue weighted by molar-refractivity contribution is -0.118. The van der Waals surface area contributed by atoms with Crippen molar-refractivity contribution >= 4 is 11.6 Å². The molecule has 1 aliphatic rings. The molecular weight excluding hydrogens is 342 g/mol. The number of aryl methyl sites for hydroxylation is 1. The van der Waals surface area contributed by atoms with Crippen LogP contribution in [0.2, 0.25) is 0 Å². The molecule has 2 heterocycles. The Morgan fingerprint density at radius 3 is 2.81 bits per heavy atom. The minimum Gasteiger partial charge on any atom is -0.496 e. The van der Waals surface area contributed by atoms with Crippen molar-refractivity contribution in [2.45, 2.75) is 32.2 Å².